The molecule has 0 unspecified atom stereocenters. The van der Waals surface area contributed by atoms with Crippen LogP contribution in [0.25, 0.3) is 5.69 Å². The average molecular weight is 426 g/mol. The number of hydrogen-bond acceptors (Lipinski definition) is 5. The summed E-state index contributed by atoms with van der Waals surface area (Å²) in [7, 11) is 0. The number of nitrogens with zero attached hydrogens (tertiary/aromatic N) is 2. The van der Waals surface area contributed by atoms with E-state index in [0.29, 0.717) is 10.7 Å². The Labute approximate surface area is 178 Å². The zero-order valence-electron chi connectivity index (χ0n) is 16.5. The molecule has 3 aromatic rings. The van der Waals surface area contributed by atoms with Crippen LogP contribution in [-0.4, -0.2) is 28.3 Å². The second-order valence-corrected chi connectivity index (χ2v) is 7.00. The SMILES string of the molecule is CCOC(=O)c1nn(-c2ccc(C)cc2)c(=O)cc1NC(=O)Cc1ccc(Cl)cc1. The van der Waals surface area contributed by atoms with Crippen LogP contribution in [0.5, 0.6) is 0 Å². The fourth-order valence-electron chi connectivity index (χ4n) is 2.75. The lowest BCUT2D eigenvalue weighted by Crippen LogP contribution is -2.27. The van der Waals surface area contributed by atoms with Crippen LogP contribution in [0.1, 0.15) is 28.5 Å². The molecule has 0 aliphatic rings. The molecule has 0 fully saturated rings. The van der Waals surface area contributed by atoms with Crippen molar-refractivity contribution in [1.29, 1.82) is 0 Å². The van der Waals surface area contributed by atoms with Crippen LogP contribution >= 0.6 is 11.6 Å². The highest BCUT2D eigenvalue weighted by atomic mass is 35.5. The second kappa shape index (κ2) is 9.37. The molecule has 0 radical (unpaired) electrons. The van der Waals surface area contributed by atoms with E-state index in [-0.39, 0.29) is 24.4 Å². The van der Waals surface area contributed by atoms with E-state index in [2.05, 4.69) is 10.4 Å². The highest BCUT2D eigenvalue weighted by Crippen LogP contribution is 2.16. The third-order valence-electron chi connectivity index (χ3n) is 4.23. The highest BCUT2D eigenvalue weighted by Gasteiger charge is 2.20. The molecule has 3 rings (SSSR count). The van der Waals surface area contributed by atoms with Crippen molar-refractivity contribution < 1.29 is 14.3 Å². The minimum Gasteiger partial charge on any atom is -0.461 e. The van der Waals surface area contributed by atoms with Gasteiger partial charge in [-0.05, 0) is 43.7 Å². The smallest absolute Gasteiger partial charge is 0.360 e. The lowest BCUT2D eigenvalue weighted by atomic mass is 10.1. The molecule has 7 nitrogen and oxygen atoms in total. The molecule has 154 valence electrons. The summed E-state index contributed by atoms with van der Waals surface area (Å²) in [6, 6.07) is 15.1. The Balaban J connectivity index is 1.94. The molecule has 1 heterocycles. The number of esters is 1. The van der Waals surface area contributed by atoms with Crippen LogP contribution in [0.15, 0.2) is 59.4 Å². The first-order valence-electron chi connectivity index (χ1n) is 9.30. The molecule has 30 heavy (non-hydrogen) atoms. The number of nitrogens with one attached hydrogen (secondary N) is 1. The quantitative estimate of drug-likeness (QED) is 0.610. The van der Waals surface area contributed by atoms with E-state index in [1.165, 1.54) is 6.07 Å². The van der Waals surface area contributed by atoms with Gasteiger partial charge in [-0.15, -0.1) is 0 Å². The molecule has 0 aliphatic heterocycles. The number of hydrogen-bond donors (Lipinski definition) is 1. The highest BCUT2D eigenvalue weighted by molar-refractivity contribution is 6.30. The summed E-state index contributed by atoms with van der Waals surface area (Å²) in [5.74, 6) is -1.14. The molecule has 0 atom stereocenters. The molecule has 0 aliphatic carbocycles. The van der Waals surface area contributed by atoms with Gasteiger partial charge in [-0.1, -0.05) is 41.4 Å². The van der Waals surface area contributed by atoms with E-state index in [0.717, 1.165) is 15.8 Å². The van der Waals surface area contributed by atoms with Crippen LogP contribution in [0, 0.1) is 6.92 Å². The van der Waals surface area contributed by atoms with Crippen LogP contribution in [0.2, 0.25) is 5.02 Å². The standard InChI is InChI=1S/C22H20ClN3O4/c1-3-30-22(29)21-18(24-19(27)12-15-6-8-16(23)9-7-15)13-20(28)26(25-21)17-10-4-14(2)5-11-17/h4-11,13H,3,12H2,1-2H3,(H,24,27). The molecular weight excluding hydrogens is 406 g/mol. The van der Waals surface area contributed by atoms with Gasteiger partial charge >= 0.3 is 5.97 Å². The molecule has 0 saturated heterocycles. The summed E-state index contributed by atoms with van der Waals surface area (Å²) >= 11 is 5.86. The molecule has 1 N–H and O–H groups in total. The number of rotatable bonds is 6. The van der Waals surface area contributed by atoms with Gasteiger partial charge in [-0.3, -0.25) is 9.59 Å². The maximum Gasteiger partial charge on any atom is 0.360 e. The first kappa shape index (κ1) is 21.3. The van der Waals surface area contributed by atoms with Gasteiger partial charge in [0.15, 0.2) is 5.69 Å². The third-order valence-corrected chi connectivity index (χ3v) is 4.48. The Morgan fingerprint density at radius 1 is 1.10 bits per heavy atom. The van der Waals surface area contributed by atoms with Gasteiger partial charge in [0.25, 0.3) is 5.56 Å². The molecule has 0 saturated carbocycles. The van der Waals surface area contributed by atoms with E-state index < -0.39 is 17.4 Å². The van der Waals surface area contributed by atoms with Crippen molar-refractivity contribution >= 4 is 29.2 Å². The maximum atomic E-state index is 12.6. The number of benzene rings is 2. The van der Waals surface area contributed by atoms with Crippen LogP contribution < -0.4 is 10.9 Å². The van der Waals surface area contributed by atoms with Crippen molar-refractivity contribution in [1.82, 2.24) is 9.78 Å². The topological polar surface area (TPSA) is 90.3 Å². The Bertz CT molecular complexity index is 1120. The maximum absolute atomic E-state index is 12.6. The lowest BCUT2D eigenvalue weighted by Gasteiger charge is -2.12. The molecule has 1 amide bonds. The monoisotopic (exact) mass is 425 g/mol. The minimum atomic E-state index is -0.736. The Kier molecular flexibility index (Phi) is 6.64. The van der Waals surface area contributed by atoms with E-state index in [1.54, 1.807) is 43.3 Å². The predicted molar refractivity (Wildman–Crippen MR) is 114 cm³/mol. The molecule has 8 heteroatoms. The van der Waals surface area contributed by atoms with Crippen LogP contribution in [-0.2, 0) is 16.0 Å². The normalized spacial score (nSPS) is 10.5. The molecular formula is C22H20ClN3O4. The molecule has 0 bridgehead atoms. The van der Waals surface area contributed by atoms with Gasteiger partial charge in [0, 0.05) is 11.1 Å². The summed E-state index contributed by atoms with van der Waals surface area (Å²) in [4.78, 5) is 37.5. The first-order valence-corrected chi connectivity index (χ1v) is 9.68. The van der Waals surface area contributed by atoms with Crippen molar-refractivity contribution in [3.63, 3.8) is 0 Å². The summed E-state index contributed by atoms with van der Waals surface area (Å²) in [6.45, 7) is 3.71. The van der Waals surface area contributed by atoms with Crippen molar-refractivity contribution in [2.75, 3.05) is 11.9 Å². The minimum absolute atomic E-state index is 0.000718. The summed E-state index contributed by atoms with van der Waals surface area (Å²) in [5.41, 5.74) is 1.60. The van der Waals surface area contributed by atoms with Gasteiger partial charge in [0.2, 0.25) is 5.91 Å². The largest absolute Gasteiger partial charge is 0.461 e. The molecule has 0 spiro atoms. The van der Waals surface area contributed by atoms with Crippen molar-refractivity contribution in [2.24, 2.45) is 0 Å². The van der Waals surface area contributed by atoms with E-state index in [4.69, 9.17) is 16.3 Å². The number of aromatic nitrogens is 2. The fourth-order valence-corrected chi connectivity index (χ4v) is 2.88. The number of carbonyl (C=O) groups is 2. The summed E-state index contributed by atoms with van der Waals surface area (Å²) in [6.07, 6.45) is 0.0421. The first-order chi connectivity index (χ1) is 14.4. The van der Waals surface area contributed by atoms with Gasteiger partial charge < -0.3 is 10.1 Å². The Morgan fingerprint density at radius 2 is 1.77 bits per heavy atom. The molecule has 2 aromatic carbocycles. The number of anilines is 1. The zero-order chi connectivity index (χ0) is 21.7. The summed E-state index contributed by atoms with van der Waals surface area (Å²) in [5, 5.41) is 7.32. The van der Waals surface area contributed by atoms with Crippen molar-refractivity contribution in [2.45, 2.75) is 20.3 Å². The predicted octanol–water partition coefficient (Wildman–Crippen LogP) is 3.55. The van der Waals surface area contributed by atoms with Crippen molar-refractivity contribution in [3.8, 4) is 5.69 Å². The number of aryl methyl sites for hydroxylation is 1. The second-order valence-electron chi connectivity index (χ2n) is 6.56. The van der Waals surface area contributed by atoms with Gasteiger partial charge in [-0.2, -0.15) is 9.78 Å². The Morgan fingerprint density at radius 3 is 2.40 bits per heavy atom. The molecule has 1 aromatic heterocycles. The van der Waals surface area contributed by atoms with Crippen molar-refractivity contribution in [3.05, 3.63) is 86.8 Å². The number of amides is 1. The van der Waals surface area contributed by atoms with Gasteiger partial charge in [-0.25, -0.2) is 4.79 Å². The van der Waals surface area contributed by atoms with E-state index >= 15 is 0 Å². The van der Waals surface area contributed by atoms with Gasteiger partial charge in [0.1, 0.15) is 0 Å². The third kappa shape index (κ3) is 5.12. The lowest BCUT2D eigenvalue weighted by molar-refractivity contribution is -0.115. The van der Waals surface area contributed by atoms with Crippen LogP contribution in [0.4, 0.5) is 5.69 Å². The number of ether oxygens (including phenoxy) is 1. The zero-order valence-corrected chi connectivity index (χ0v) is 17.3. The summed E-state index contributed by atoms with van der Waals surface area (Å²) < 4.78 is 6.15. The number of halogens is 1. The fraction of sp³-hybridized carbons (Fsp3) is 0.182. The average Bonchev–Trinajstić information content (AvgIpc) is 2.71. The van der Waals surface area contributed by atoms with Crippen LogP contribution in [0.3, 0.4) is 0 Å². The number of carbonyl (C=O) groups excluding carboxylic acids is 2. The van der Waals surface area contributed by atoms with E-state index in [1.807, 2.05) is 19.1 Å². The van der Waals surface area contributed by atoms with E-state index in [9.17, 15) is 14.4 Å². The Hall–Kier alpha value is -3.45. The van der Waals surface area contributed by atoms with Gasteiger partial charge in [0.05, 0.1) is 24.4 Å².